The van der Waals surface area contributed by atoms with Gasteiger partial charge in [-0.05, 0) is 56.2 Å². The van der Waals surface area contributed by atoms with Crippen LogP contribution < -0.4 is 10.2 Å². The molecule has 1 atom stereocenters. The summed E-state index contributed by atoms with van der Waals surface area (Å²) < 4.78 is 7.60. The Bertz CT molecular complexity index is 773. The molecule has 0 saturated heterocycles. The summed E-state index contributed by atoms with van der Waals surface area (Å²) in [6.45, 7) is 3.18. The molecule has 0 aliphatic carbocycles. The molecule has 0 N–H and O–H groups in total. The predicted octanol–water partition coefficient (Wildman–Crippen LogP) is 4.32. The van der Waals surface area contributed by atoms with Crippen molar-refractivity contribution < 1.29 is 4.74 Å². The van der Waals surface area contributed by atoms with E-state index in [1.807, 2.05) is 24.3 Å². The Morgan fingerprint density at radius 1 is 1.30 bits per heavy atom. The van der Waals surface area contributed by atoms with Crippen molar-refractivity contribution in [3.63, 3.8) is 0 Å². The Morgan fingerprint density at radius 3 is 2.96 bits per heavy atom. The summed E-state index contributed by atoms with van der Waals surface area (Å²) in [6, 6.07) is 7.65. The van der Waals surface area contributed by atoms with E-state index in [0.717, 1.165) is 42.5 Å². The molecule has 2 aromatic rings. The summed E-state index contributed by atoms with van der Waals surface area (Å²) in [5.41, 5.74) is 2.32. The second-order valence-electron chi connectivity index (χ2n) is 6.36. The Kier molecular flexibility index (Phi) is 4.85. The second-order valence-corrected chi connectivity index (χ2v) is 6.36. The molecule has 1 aliphatic rings. The number of aromatic nitrogens is 1. The molecule has 0 fully saturated rings. The fourth-order valence-electron chi connectivity index (χ4n) is 3.51. The molecule has 0 unspecified atom stereocenters. The largest absolute Gasteiger partial charge is 0.497 e. The van der Waals surface area contributed by atoms with Crippen LogP contribution in [-0.2, 0) is 13.0 Å². The number of pyridine rings is 1. The molecule has 0 saturated carbocycles. The molecular weight excluding hydrogens is 286 g/mol. The number of aryl methyl sites for hydroxylation is 1. The lowest BCUT2D eigenvalue weighted by molar-refractivity contribution is 0.354. The number of fused-ring (bicyclic) bond motifs is 3. The normalized spacial score (nSPS) is 17.6. The molecule has 122 valence electrons. The minimum absolute atomic E-state index is 0.106. The number of hydrogen-bond acceptors (Lipinski definition) is 2. The molecule has 0 bridgehead atoms. The number of hydrogen-bond donors (Lipinski definition) is 0. The lowest BCUT2D eigenvalue weighted by Crippen LogP contribution is -2.24. The number of allylic oxidation sites excluding steroid dienone is 2. The summed E-state index contributed by atoms with van der Waals surface area (Å²) in [7, 11) is 1.64. The first kappa shape index (κ1) is 15.9. The summed E-state index contributed by atoms with van der Waals surface area (Å²) in [6.07, 6.45) is 10.2. The minimum atomic E-state index is 0.106. The van der Waals surface area contributed by atoms with Gasteiger partial charge in [-0.2, -0.15) is 0 Å². The van der Waals surface area contributed by atoms with Crippen LogP contribution in [0, 0.1) is 5.92 Å². The van der Waals surface area contributed by atoms with Crippen molar-refractivity contribution in [1.29, 1.82) is 0 Å². The van der Waals surface area contributed by atoms with Crippen molar-refractivity contribution in [3.05, 3.63) is 52.3 Å². The summed E-state index contributed by atoms with van der Waals surface area (Å²) in [5, 5.41) is 0.764. The summed E-state index contributed by atoms with van der Waals surface area (Å²) in [4.78, 5) is 12.4. The van der Waals surface area contributed by atoms with Crippen LogP contribution in [0.4, 0.5) is 0 Å². The highest BCUT2D eigenvalue weighted by Gasteiger charge is 2.20. The zero-order valence-electron chi connectivity index (χ0n) is 14.0. The maximum Gasteiger partial charge on any atom is 0.189 e. The standard InChI is InChI=1S/C20H25NO2/c1-3-4-5-6-7-15-8-9-16-12-20(22)18-13-17(23-2)10-11-19(18)21(16)14-15/h4-5,10-13,15H,3,6-9,14H2,1-2H3/t15-/m0/s1. The third-order valence-corrected chi connectivity index (χ3v) is 4.80. The third kappa shape index (κ3) is 3.34. The molecule has 2 heterocycles. The van der Waals surface area contributed by atoms with Crippen LogP contribution in [0.3, 0.4) is 0 Å². The molecule has 0 spiro atoms. The predicted molar refractivity (Wildman–Crippen MR) is 95.2 cm³/mol. The summed E-state index contributed by atoms with van der Waals surface area (Å²) >= 11 is 0. The highest BCUT2D eigenvalue weighted by Crippen LogP contribution is 2.28. The lowest BCUT2D eigenvalue weighted by atomic mass is 9.92. The first-order chi connectivity index (χ1) is 11.2. The van der Waals surface area contributed by atoms with Gasteiger partial charge in [-0.1, -0.05) is 19.1 Å². The van der Waals surface area contributed by atoms with Crippen molar-refractivity contribution in [2.24, 2.45) is 5.92 Å². The maximum atomic E-state index is 12.4. The molecule has 1 aliphatic heterocycles. The van der Waals surface area contributed by atoms with Crippen molar-refractivity contribution in [1.82, 2.24) is 4.57 Å². The molecule has 1 aromatic heterocycles. The van der Waals surface area contributed by atoms with E-state index in [0.29, 0.717) is 5.92 Å². The molecule has 1 aromatic carbocycles. The van der Waals surface area contributed by atoms with Crippen molar-refractivity contribution >= 4 is 10.9 Å². The van der Waals surface area contributed by atoms with E-state index in [2.05, 4.69) is 23.6 Å². The molecule has 3 heteroatoms. The number of methoxy groups -OCH3 is 1. The minimum Gasteiger partial charge on any atom is -0.497 e. The van der Waals surface area contributed by atoms with Gasteiger partial charge in [0, 0.05) is 23.7 Å². The van der Waals surface area contributed by atoms with Gasteiger partial charge >= 0.3 is 0 Å². The van der Waals surface area contributed by atoms with Crippen molar-refractivity contribution in [3.8, 4) is 5.75 Å². The topological polar surface area (TPSA) is 31.2 Å². The van der Waals surface area contributed by atoms with Crippen LogP contribution in [0.1, 0.15) is 38.3 Å². The van der Waals surface area contributed by atoms with E-state index in [1.54, 1.807) is 7.11 Å². The smallest absolute Gasteiger partial charge is 0.189 e. The molecule has 3 rings (SSSR count). The highest BCUT2D eigenvalue weighted by atomic mass is 16.5. The molecule has 23 heavy (non-hydrogen) atoms. The number of ether oxygens (including phenoxy) is 1. The second kappa shape index (κ2) is 7.03. The SMILES string of the molecule is CCC=CCC[C@H]1CCc2cc(=O)c3cc(OC)ccc3n2C1. The van der Waals surface area contributed by atoms with E-state index in [4.69, 9.17) is 4.74 Å². The Morgan fingerprint density at radius 2 is 2.17 bits per heavy atom. The average molecular weight is 311 g/mol. The van der Waals surface area contributed by atoms with Gasteiger partial charge in [0.15, 0.2) is 5.43 Å². The molecular formula is C20H25NO2. The Hall–Kier alpha value is -2.03. The zero-order chi connectivity index (χ0) is 16.2. The zero-order valence-corrected chi connectivity index (χ0v) is 14.0. The van der Waals surface area contributed by atoms with E-state index in [1.165, 1.54) is 18.5 Å². The monoisotopic (exact) mass is 311 g/mol. The Balaban J connectivity index is 1.90. The fraction of sp³-hybridized carbons (Fsp3) is 0.450. The summed E-state index contributed by atoms with van der Waals surface area (Å²) in [5.74, 6) is 1.43. The van der Waals surface area contributed by atoms with Gasteiger partial charge in [0.05, 0.1) is 12.6 Å². The number of nitrogens with zero attached hydrogens (tertiary/aromatic N) is 1. The third-order valence-electron chi connectivity index (χ3n) is 4.80. The van der Waals surface area contributed by atoms with Crippen LogP contribution in [0.5, 0.6) is 5.75 Å². The Labute approximate surface area is 137 Å². The van der Waals surface area contributed by atoms with E-state index < -0.39 is 0 Å². The van der Waals surface area contributed by atoms with Gasteiger partial charge in [-0.3, -0.25) is 4.79 Å². The van der Waals surface area contributed by atoms with Gasteiger partial charge in [-0.25, -0.2) is 0 Å². The average Bonchev–Trinajstić information content (AvgIpc) is 2.59. The van der Waals surface area contributed by atoms with Gasteiger partial charge in [0.2, 0.25) is 0 Å². The van der Waals surface area contributed by atoms with Crippen LogP contribution in [0.15, 0.2) is 41.2 Å². The van der Waals surface area contributed by atoms with Crippen molar-refractivity contribution in [2.45, 2.75) is 45.6 Å². The molecule has 0 radical (unpaired) electrons. The van der Waals surface area contributed by atoms with Crippen LogP contribution >= 0.6 is 0 Å². The van der Waals surface area contributed by atoms with Gasteiger partial charge < -0.3 is 9.30 Å². The first-order valence-electron chi connectivity index (χ1n) is 8.58. The van der Waals surface area contributed by atoms with Crippen LogP contribution in [-0.4, -0.2) is 11.7 Å². The van der Waals surface area contributed by atoms with Crippen LogP contribution in [0.2, 0.25) is 0 Å². The number of rotatable bonds is 5. The number of benzene rings is 1. The first-order valence-corrected chi connectivity index (χ1v) is 8.58. The lowest BCUT2D eigenvalue weighted by Gasteiger charge is -2.28. The molecule has 0 amide bonds. The highest BCUT2D eigenvalue weighted by molar-refractivity contribution is 5.81. The quantitative estimate of drug-likeness (QED) is 0.770. The van der Waals surface area contributed by atoms with Crippen molar-refractivity contribution in [2.75, 3.05) is 7.11 Å². The van der Waals surface area contributed by atoms with Gasteiger partial charge in [0.25, 0.3) is 0 Å². The fourth-order valence-corrected chi connectivity index (χ4v) is 3.51. The van der Waals surface area contributed by atoms with E-state index >= 15 is 0 Å². The van der Waals surface area contributed by atoms with Gasteiger partial charge in [-0.15, -0.1) is 0 Å². The van der Waals surface area contributed by atoms with E-state index in [9.17, 15) is 4.79 Å². The van der Waals surface area contributed by atoms with E-state index in [-0.39, 0.29) is 5.43 Å². The van der Waals surface area contributed by atoms with Crippen LogP contribution in [0.25, 0.3) is 10.9 Å². The maximum absolute atomic E-state index is 12.4. The van der Waals surface area contributed by atoms with Gasteiger partial charge in [0.1, 0.15) is 5.75 Å². The molecule has 3 nitrogen and oxygen atoms in total.